The summed E-state index contributed by atoms with van der Waals surface area (Å²) in [6.07, 6.45) is 0.222. The number of benzene rings is 3. The number of hydrogen-bond donors (Lipinski definition) is 0. The van der Waals surface area contributed by atoms with E-state index in [1.54, 1.807) is 54.6 Å². The molecule has 0 amide bonds. The quantitative estimate of drug-likeness (QED) is 0.366. The molecule has 0 unspecified atom stereocenters. The lowest BCUT2D eigenvalue weighted by molar-refractivity contribution is 0.0602. The number of para-hydroxylation sites is 1. The summed E-state index contributed by atoms with van der Waals surface area (Å²) >= 11 is 0. The maximum atomic E-state index is 13.8. The van der Waals surface area contributed by atoms with Crippen molar-refractivity contribution in [2.24, 2.45) is 0 Å². The Morgan fingerprint density at radius 2 is 1.73 bits per heavy atom. The number of esters is 1. The number of fused-ring (bicyclic) bond motifs is 2. The first-order valence-corrected chi connectivity index (χ1v) is 12.9. The standard InChI is InChI=1S/C27H24N2O7S/c1-17-8-13-23-24(14-17)36-25(16-29(23)37(32,33)19-11-9-18(34-2)10-12-19)26(30)28-15-21(27(31)35-3)20-6-4-5-7-22(20)28/h4-15,25H,16H2,1-3H3/t25-/m1/s1. The lowest BCUT2D eigenvalue weighted by Gasteiger charge is -2.35. The second kappa shape index (κ2) is 9.29. The highest BCUT2D eigenvalue weighted by molar-refractivity contribution is 7.92. The maximum Gasteiger partial charge on any atom is 0.340 e. The number of hydrogen-bond acceptors (Lipinski definition) is 7. The maximum absolute atomic E-state index is 13.8. The van der Waals surface area contributed by atoms with Gasteiger partial charge in [0.25, 0.3) is 15.9 Å². The van der Waals surface area contributed by atoms with E-state index < -0.39 is 28.0 Å². The predicted octanol–water partition coefficient (Wildman–Crippen LogP) is 4.04. The molecule has 0 saturated heterocycles. The normalized spacial score (nSPS) is 15.1. The Kier molecular flexibility index (Phi) is 6.12. The van der Waals surface area contributed by atoms with Gasteiger partial charge in [0.15, 0.2) is 6.10 Å². The monoisotopic (exact) mass is 520 g/mol. The average molecular weight is 521 g/mol. The third kappa shape index (κ3) is 4.19. The van der Waals surface area contributed by atoms with Crippen LogP contribution in [-0.4, -0.2) is 51.7 Å². The number of sulfonamides is 1. The Morgan fingerprint density at radius 3 is 2.43 bits per heavy atom. The molecule has 1 aliphatic heterocycles. The predicted molar refractivity (Wildman–Crippen MR) is 137 cm³/mol. The molecule has 3 aromatic carbocycles. The van der Waals surface area contributed by atoms with E-state index >= 15 is 0 Å². The molecule has 0 saturated carbocycles. The van der Waals surface area contributed by atoms with Gasteiger partial charge in [-0.3, -0.25) is 13.7 Å². The van der Waals surface area contributed by atoms with Gasteiger partial charge >= 0.3 is 5.97 Å². The largest absolute Gasteiger partial charge is 0.497 e. The van der Waals surface area contributed by atoms with Crippen LogP contribution in [0.4, 0.5) is 5.69 Å². The van der Waals surface area contributed by atoms with Crippen molar-refractivity contribution < 1.29 is 32.2 Å². The summed E-state index contributed by atoms with van der Waals surface area (Å²) < 4.78 is 46.0. The van der Waals surface area contributed by atoms with Gasteiger partial charge in [-0.1, -0.05) is 24.3 Å². The topological polar surface area (TPSA) is 104 Å². The van der Waals surface area contributed by atoms with Crippen molar-refractivity contribution in [1.29, 1.82) is 0 Å². The molecule has 1 aromatic heterocycles. The number of nitrogens with zero attached hydrogens (tertiary/aromatic N) is 2. The Bertz CT molecular complexity index is 1620. The first kappa shape index (κ1) is 24.4. The summed E-state index contributed by atoms with van der Waals surface area (Å²) in [5.41, 5.74) is 1.88. The molecule has 2 heterocycles. The molecule has 37 heavy (non-hydrogen) atoms. The van der Waals surface area contributed by atoms with E-state index in [4.69, 9.17) is 14.2 Å². The Morgan fingerprint density at radius 1 is 1.00 bits per heavy atom. The summed E-state index contributed by atoms with van der Waals surface area (Å²) in [5.74, 6) is -0.317. The highest BCUT2D eigenvalue weighted by Crippen LogP contribution is 2.38. The van der Waals surface area contributed by atoms with Crippen LogP contribution in [0.25, 0.3) is 10.9 Å². The van der Waals surface area contributed by atoms with Crippen molar-refractivity contribution in [3.05, 3.63) is 84.1 Å². The molecule has 0 spiro atoms. The summed E-state index contributed by atoms with van der Waals surface area (Å²) in [7, 11) is -1.29. The lowest BCUT2D eigenvalue weighted by atomic mass is 10.1. The average Bonchev–Trinajstić information content (AvgIpc) is 3.31. The first-order valence-electron chi connectivity index (χ1n) is 11.4. The third-order valence-corrected chi connectivity index (χ3v) is 8.06. The molecule has 9 nitrogen and oxygen atoms in total. The van der Waals surface area contributed by atoms with Gasteiger partial charge in [-0.2, -0.15) is 0 Å². The first-order chi connectivity index (χ1) is 17.7. The van der Waals surface area contributed by atoms with Crippen molar-refractivity contribution in [1.82, 2.24) is 4.57 Å². The van der Waals surface area contributed by atoms with Crippen molar-refractivity contribution in [2.75, 3.05) is 25.1 Å². The van der Waals surface area contributed by atoms with E-state index in [0.717, 1.165) is 5.56 Å². The van der Waals surface area contributed by atoms with Gasteiger partial charge in [-0.15, -0.1) is 0 Å². The molecule has 0 radical (unpaired) electrons. The van der Waals surface area contributed by atoms with E-state index in [0.29, 0.717) is 22.3 Å². The number of rotatable bonds is 5. The summed E-state index contributed by atoms with van der Waals surface area (Å²) in [6, 6.07) is 18.1. The van der Waals surface area contributed by atoms with Crippen molar-refractivity contribution in [3.63, 3.8) is 0 Å². The van der Waals surface area contributed by atoms with Gasteiger partial charge in [0.2, 0.25) is 0 Å². The van der Waals surface area contributed by atoms with Crippen LogP contribution in [0.15, 0.2) is 77.8 Å². The Labute approximate surface area is 213 Å². The van der Waals surface area contributed by atoms with Crippen molar-refractivity contribution in [2.45, 2.75) is 17.9 Å². The number of carbonyl (C=O) groups excluding carboxylic acids is 2. The molecule has 0 fully saturated rings. The van der Waals surface area contributed by atoms with E-state index in [9.17, 15) is 18.0 Å². The SMILES string of the molecule is COC(=O)c1cn(C(=O)[C@H]2CN(S(=O)(=O)c3ccc(OC)cc3)c3ccc(C)cc3O2)c2ccccc12. The van der Waals surface area contributed by atoms with E-state index in [1.807, 2.05) is 6.92 Å². The number of methoxy groups -OCH3 is 2. The van der Waals surface area contributed by atoms with Gasteiger partial charge in [-0.25, -0.2) is 13.2 Å². The van der Waals surface area contributed by atoms with E-state index in [2.05, 4.69) is 0 Å². The van der Waals surface area contributed by atoms with Gasteiger partial charge in [0.1, 0.15) is 11.5 Å². The smallest absolute Gasteiger partial charge is 0.340 e. The minimum atomic E-state index is -4.05. The van der Waals surface area contributed by atoms with Crippen LogP contribution in [-0.2, 0) is 14.8 Å². The Hall–Kier alpha value is -4.31. The summed E-state index contributed by atoms with van der Waals surface area (Å²) in [4.78, 5) is 26.2. The summed E-state index contributed by atoms with van der Waals surface area (Å²) in [5, 5.41) is 0.539. The third-order valence-electron chi connectivity index (χ3n) is 6.26. The molecular weight excluding hydrogens is 496 g/mol. The number of aromatic nitrogens is 1. The molecule has 0 bridgehead atoms. The molecule has 1 atom stereocenters. The van der Waals surface area contributed by atoms with E-state index in [-0.39, 0.29) is 22.8 Å². The minimum absolute atomic E-state index is 0.0484. The molecule has 0 N–H and O–H groups in total. The zero-order valence-electron chi connectivity index (χ0n) is 20.4. The van der Waals surface area contributed by atoms with Crippen LogP contribution in [0.1, 0.15) is 20.7 Å². The Balaban J connectivity index is 1.59. The zero-order valence-corrected chi connectivity index (χ0v) is 21.2. The molecule has 0 aliphatic carbocycles. The number of carbonyl (C=O) groups is 2. The van der Waals surface area contributed by atoms with Crippen molar-refractivity contribution in [3.8, 4) is 11.5 Å². The summed E-state index contributed by atoms with van der Waals surface area (Å²) in [6.45, 7) is 1.59. The van der Waals surface area contributed by atoms with Gasteiger partial charge < -0.3 is 14.2 Å². The van der Waals surface area contributed by atoms with Gasteiger partial charge in [-0.05, 0) is 55.0 Å². The molecule has 5 rings (SSSR count). The number of aryl methyl sites for hydroxylation is 1. The van der Waals surface area contributed by atoms with Crippen LogP contribution in [0, 0.1) is 6.92 Å². The van der Waals surface area contributed by atoms with Crippen LogP contribution >= 0.6 is 0 Å². The van der Waals surface area contributed by atoms with Crippen LogP contribution < -0.4 is 13.8 Å². The lowest BCUT2D eigenvalue weighted by Crippen LogP contribution is -2.48. The second-order valence-corrected chi connectivity index (χ2v) is 10.4. The molecule has 10 heteroatoms. The highest BCUT2D eigenvalue weighted by atomic mass is 32.2. The van der Waals surface area contributed by atoms with Crippen LogP contribution in [0.3, 0.4) is 0 Å². The fourth-order valence-corrected chi connectivity index (χ4v) is 5.86. The van der Waals surface area contributed by atoms with Crippen LogP contribution in [0.5, 0.6) is 11.5 Å². The van der Waals surface area contributed by atoms with Gasteiger partial charge in [0, 0.05) is 11.6 Å². The zero-order chi connectivity index (χ0) is 26.3. The molecule has 1 aliphatic rings. The van der Waals surface area contributed by atoms with Crippen molar-refractivity contribution >= 4 is 38.5 Å². The second-order valence-electron chi connectivity index (χ2n) is 8.55. The molecular formula is C27H24N2O7S. The number of ether oxygens (including phenoxy) is 3. The highest BCUT2D eigenvalue weighted by Gasteiger charge is 2.38. The molecule has 4 aromatic rings. The minimum Gasteiger partial charge on any atom is -0.497 e. The fourth-order valence-electron chi connectivity index (χ4n) is 4.38. The van der Waals surface area contributed by atoms with E-state index in [1.165, 1.54) is 41.4 Å². The molecule has 190 valence electrons. The van der Waals surface area contributed by atoms with Crippen LogP contribution in [0.2, 0.25) is 0 Å². The fraction of sp³-hybridized carbons (Fsp3) is 0.185. The number of anilines is 1. The van der Waals surface area contributed by atoms with Gasteiger partial charge in [0.05, 0.1) is 42.4 Å².